The van der Waals surface area contributed by atoms with E-state index in [9.17, 15) is 29.1 Å². The molecule has 0 saturated carbocycles. The molecule has 0 aliphatic rings. The Morgan fingerprint density at radius 1 is 0.750 bits per heavy atom. The van der Waals surface area contributed by atoms with Crippen LogP contribution in [0.4, 0.5) is 0 Å². The number of carboxylic acids is 1. The van der Waals surface area contributed by atoms with Gasteiger partial charge >= 0.3 is 5.97 Å². The topological polar surface area (TPSA) is 296 Å². The maximum atomic E-state index is 13.1. The van der Waals surface area contributed by atoms with E-state index < -0.39 is 60.3 Å². The third-order valence-electron chi connectivity index (χ3n) is 5.70. The van der Waals surface area contributed by atoms with E-state index in [1.807, 2.05) is 0 Å². The van der Waals surface area contributed by atoms with Crippen molar-refractivity contribution in [2.24, 2.45) is 33.7 Å². The van der Waals surface area contributed by atoms with Gasteiger partial charge in [0, 0.05) is 12.3 Å². The lowest BCUT2D eigenvalue weighted by molar-refractivity contribution is -0.141. The van der Waals surface area contributed by atoms with Crippen molar-refractivity contribution in [2.45, 2.75) is 75.5 Å². The Morgan fingerprint density at radius 3 is 1.75 bits per heavy atom. The summed E-state index contributed by atoms with van der Waals surface area (Å²) in [5, 5.41) is 19.2. The standard InChI is InChI=1S/C23H46N10O6S/c24-9-3-1-7-15(31-18(34)12-30-19(35)14(26)6-5-11-29-23(27)28)20(36)32-16(8-2-4-10-25)21(37)33-17(13-40)22(38)39/h14-17,40H,1-13,24-26H2,(H,30,35)(H,31,34)(H,32,36)(H,33,37)(H,38,39)(H4,27,28,29)/t14-,15-,16-,17-/m0/s1. The molecule has 4 atom stereocenters. The molecule has 0 aliphatic heterocycles. The van der Waals surface area contributed by atoms with Gasteiger partial charge in [0.1, 0.15) is 18.1 Å². The van der Waals surface area contributed by atoms with E-state index in [4.69, 9.17) is 28.7 Å². The summed E-state index contributed by atoms with van der Waals surface area (Å²) in [6, 6.07) is -4.22. The van der Waals surface area contributed by atoms with Gasteiger partial charge in [-0.05, 0) is 64.5 Å². The minimum atomic E-state index is -1.27. The number of aliphatic imine (C=N–C) groups is 1. The van der Waals surface area contributed by atoms with E-state index in [2.05, 4.69) is 38.9 Å². The highest BCUT2D eigenvalue weighted by atomic mass is 32.1. The van der Waals surface area contributed by atoms with Crippen molar-refractivity contribution in [3.8, 4) is 0 Å². The van der Waals surface area contributed by atoms with Gasteiger partial charge in [-0.3, -0.25) is 24.2 Å². The van der Waals surface area contributed by atoms with Gasteiger partial charge in [-0.25, -0.2) is 4.79 Å². The van der Waals surface area contributed by atoms with Crippen molar-refractivity contribution in [3.63, 3.8) is 0 Å². The number of unbranched alkanes of at least 4 members (excludes halogenated alkanes) is 2. The Labute approximate surface area is 239 Å². The van der Waals surface area contributed by atoms with E-state index in [0.29, 0.717) is 51.7 Å². The van der Waals surface area contributed by atoms with Crippen LogP contribution in [0.1, 0.15) is 51.4 Å². The molecule has 0 radical (unpaired) electrons. The number of nitrogens with two attached hydrogens (primary N) is 5. The lowest BCUT2D eigenvalue weighted by Gasteiger charge is -2.24. The number of carboxylic acid groups (broad SMARTS) is 1. The highest BCUT2D eigenvalue weighted by Crippen LogP contribution is 2.06. The van der Waals surface area contributed by atoms with Crippen LogP contribution in [0.15, 0.2) is 4.99 Å². The molecule has 0 aromatic heterocycles. The van der Waals surface area contributed by atoms with Crippen LogP contribution < -0.4 is 49.9 Å². The smallest absolute Gasteiger partial charge is 0.327 e. The third-order valence-corrected chi connectivity index (χ3v) is 6.07. The van der Waals surface area contributed by atoms with Crippen LogP contribution in [0.2, 0.25) is 0 Å². The molecule has 17 heteroatoms. The number of rotatable bonds is 22. The van der Waals surface area contributed by atoms with Crippen molar-refractivity contribution in [2.75, 3.05) is 31.9 Å². The lowest BCUT2D eigenvalue weighted by Crippen LogP contribution is -2.56. The van der Waals surface area contributed by atoms with Crippen LogP contribution in [0, 0.1) is 0 Å². The van der Waals surface area contributed by atoms with Crippen LogP contribution in [0.25, 0.3) is 0 Å². The Balaban J connectivity index is 5.23. The molecule has 0 spiro atoms. The van der Waals surface area contributed by atoms with Gasteiger partial charge < -0.3 is 55.0 Å². The zero-order valence-electron chi connectivity index (χ0n) is 22.8. The summed E-state index contributed by atoms with van der Waals surface area (Å²) < 4.78 is 0. The fourth-order valence-electron chi connectivity index (χ4n) is 3.45. The second-order valence-electron chi connectivity index (χ2n) is 9.11. The highest BCUT2D eigenvalue weighted by Gasteiger charge is 2.29. The van der Waals surface area contributed by atoms with Gasteiger partial charge in [-0.15, -0.1) is 0 Å². The fraction of sp³-hybridized carbons (Fsp3) is 0.739. The van der Waals surface area contributed by atoms with Crippen LogP contribution in [-0.2, 0) is 24.0 Å². The first-order chi connectivity index (χ1) is 19.0. The first kappa shape index (κ1) is 36.8. The van der Waals surface area contributed by atoms with E-state index in [0.717, 1.165) is 0 Å². The number of hydrogen-bond donors (Lipinski definition) is 11. The summed E-state index contributed by atoms with van der Waals surface area (Å²) in [4.78, 5) is 65.8. The van der Waals surface area contributed by atoms with Gasteiger partial charge in [0.15, 0.2) is 5.96 Å². The van der Waals surface area contributed by atoms with E-state index >= 15 is 0 Å². The number of hydrogen-bond acceptors (Lipinski definition) is 10. The third kappa shape index (κ3) is 16.7. The van der Waals surface area contributed by atoms with Crippen LogP contribution >= 0.6 is 12.6 Å². The van der Waals surface area contributed by atoms with Crippen LogP contribution in [-0.4, -0.2) is 96.8 Å². The summed E-state index contributed by atoms with van der Waals surface area (Å²) in [6.07, 6.45) is 3.35. The Bertz CT molecular complexity index is 843. The maximum Gasteiger partial charge on any atom is 0.327 e. The second kappa shape index (κ2) is 21.6. The quantitative estimate of drug-likeness (QED) is 0.0251. The molecule has 0 unspecified atom stereocenters. The summed E-state index contributed by atoms with van der Waals surface area (Å²) in [7, 11) is 0. The van der Waals surface area contributed by atoms with Crippen LogP contribution in [0.3, 0.4) is 0 Å². The fourth-order valence-corrected chi connectivity index (χ4v) is 3.70. The molecule has 0 aromatic carbocycles. The lowest BCUT2D eigenvalue weighted by atomic mass is 10.0. The molecule has 15 N–H and O–H groups in total. The van der Waals surface area contributed by atoms with Gasteiger partial charge in [-0.1, -0.05) is 0 Å². The molecule has 40 heavy (non-hydrogen) atoms. The van der Waals surface area contributed by atoms with E-state index in [1.165, 1.54) is 0 Å². The van der Waals surface area contributed by atoms with Crippen molar-refractivity contribution < 1.29 is 29.1 Å². The molecule has 0 aromatic rings. The second-order valence-corrected chi connectivity index (χ2v) is 9.47. The first-order valence-electron chi connectivity index (χ1n) is 13.2. The average molecular weight is 591 g/mol. The van der Waals surface area contributed by atoms with Crippen molar-refractivity contribution in [1.82, 2.24) is 21.3 Å². The Kier molecular flexibility index (Phi) is 19.9. The number of nitrogens with one attached hydrogen (secondary N) is 4. The van der Waals surface area contributed by atoms with Gasteiger partial charge in [0.25, 0.3) is 0 Å². The van der Waals surface area contributed by atoms with E-state index in [-0.39, 0.29) is 31.0 Å². The number of amides is 4. The molecule has 0 rings (SSSR count). The largest absolute Gasteiger partial charge is 0.480 e. The predicted molar refractivity (Wildman–Crippen MR) is 154 cm³/mol. The molecule has 0 bridgehead atoms. The molecule has 0 saturated heterocycles. The molecule has 0 aliphatic carbocycles. The van der Waals surface area contributed by atoms with Gasteiger partial charge in [0.05, 0.1) is 12.6 Å². The zero-order chi connectivity index (χ0) is 30.5. The average Bonchev–Trinajstić information content (AvgIpc) is 2.90. The minimum absolute atomic E-state index is 0.0654. The Morgan fingerprint density at radius 2 is 1.27 bits per heavy atom. The Hall–Kier alpha value is -3.15. The van der Waals surface area contributed by atoms with Gasteiger partial charge in [0.2, 0.25) is 23.6 Å². The number of carbonyl (C=O) groups excluding carboxylic acids is 4. The van der Waals surface area contributed by atoms with E-state index in [1.54, 1.807) is 0 Å². The molecule has 16 nitrogen and oxygen atoms in total. The number of thiol groups is 1. The monoisotopic (exact) mass is 590 g/mol. The minimum Gasteiger partial charge on any atom is -0.480 e. The number of nitrogens with zero attached hydrogens (tertiary/aromatic N) is 1. The van der Waals surface area contributed by atoms with Crippen molar-refractivity contribution in [3.05, 3.63) is 0 Å². The normalized spacial score (nSPS) is 13.7. The maximum absolute atomic E-state index is 13.1. The molecule has 4 amide bonds. The summed E-state index contributed by atoms with van der Waals surface area (Å²) in [6.45, 7) is 0.633. The number of guanidine groups is 1. The molecular formula is C23H46N10O6S. The summed E-state index contributed by atoms with van der Waals surface area (Å²) in [5.74, 6) is -4.01. The zero-order valence-corrected chi connectivity index (χ0v) is 23.7. The number of aliphatic carboxylic acids is 1. The molecule has 0 heterocycles. The molecular weight excluding hydrogens is 544 g/mol. The van der Waals surface area contributed by atoms with Crippen molar-refractivity contribution >= 4 is 48.2 Å². The molecule has 0 fully saturated rings. The summed E-state index contributed by atoms with van der Waals surface area (Å²) in [5.41, 5.74) is 27.4. The summed E-state index contributed by atoms with van der Waals surface area (Å²) >= 11 is 3.94. The van der Waals surface area contributed by atoms with Gasteiger partial charge in [-0.2, -0.15) is 12.6 Å². The SMILES string of the molecule is NCCCC[C@H](NC(=O)CNC(=O)[C@@H](N)CCCN=C(N)N)C(=O)N[C@@H](CCCCN)C(=O)N[C@@H](CS)C(=O)O. The highest BCUT2D eigenvalue weighted by molar-refractivity contribution is 7.80. The predicted octanol–water partition coefficient (Wildman–Crippen LogP) is -3.79. The molecule has 230 valence electrons. The number of carbonyl (C=O) groups is 5. The van der Waals surface area contributed by atoms with Crippen molar-refractivity contribution in [1.29, 1.82) is 0 Å². The first-order valence-corrected chi connectivity index (χ1v) is 13.8. The van der Waals surface area contributed by atoms with Crippen LogP contribution in [0.5, 0.6) is 0 Å².